The van der Waals surface area contributed by atoms with Gasteiger partial charge in [0.15, 0.2) is 0 Å². The standard InChI is InChI=1S/C15H14N2O3/c1-20-15(19)12-9-10(7-8-13(12)16)14(18)17-11-5-3-2-4-6-11/h2-9H,16H2,1H3,(H,17,18). The summed E-state index contributed by atoms with van der Waals surface area (Å²) in [5.74, 6) is -0.891. The van der Waals surface area contributed by atoms with Crippen molar-refractivity contribution in [2.75, 3.05) is 18.2 Å². The minimum atomic E-state index is -0.572. The number of amides is 1. The highest BCUT2D eigenvalue weighted by atomic mass is 16.5. The highest BCUT2D eigenvalue weighted by molar-refractivity contribution is 6.06. The lowest BCUT2D eigenvalue weighted by atomic mass is 10.1. The zero-order valence-electron chi connectivity index (χ0n) is 10.9. The molecule has 0 unspecified atom stereocenters. The number of para-hydroxylation sites is 1. The molecule has 0 fully saturated rings. The second-order valence-electron chi connectivity index (χ2n) is 4.11. The van der Waals surface area contributed by atoms with E-state index in [-0.39, 0.29) is 17.2 Å². The monoisotopic (exact) mass is 270 g/mol. The Bertz CT molecular complexity index is 639. The van der Waals surface area contributed by atoms with Gasteiger partial charge in [-0.3, -0.25) is 4.79 Å². The number of nitrogens with one attached hydrogen (secondary N) is 1. The minimum Gasteiger partial charge on any atom is -0.465 e. The lowest BCUT2D eigenvalue weighted by Gasteiger charge is -2.08. The van der Waals surface area contributed by atoms with E-state index >= 15 is 0 Å². The predicted molar refractivity (Wildman–Crippen MR) is 76.6 cm³/mol. The van der Waals surface area contributed by atoms with Crippen molar-refractivity contribution in [3.63, 3.8) is 0 Å². The zero-order valence-corrected chi connectivity index (χ0v) is 10.9. The van der Waals surface area contributed by atoms with Gasteiger partial charge in [-0.1, -0.05) is 18.2 Å². The molecule has 0 bridgehead atoms. The maximum Gasteiger partial charge on any atom is 0.339 e. The first kappa shape index (κ1) is 13.6. The van der Waals surface area contributed by atoms with E-state index in [1.807, 2.05) is 18.2 Å². The van der Waals surface area contributed by atoms with E-state index in [0.29, 0.717) is 11.3 Å². The number of hydrogen-bond donors (Lipinski definition) is 2. The summed E-state index contributed by atoms with van der Waals surface area (Å²) >= 11 is 0. The highest BCUT2D eigenvalue weighted by Gasteiger charge is 2.14. The Kier molecular flexibility index (Phi) is 4.00. The number of ether oxygens (including phenoxy) is 1. The topological polar surface area (TPSA) is 81.4 Å². The van der Waals surface area contributed by atoms with E-state index in [9.17, 15) is 9.59 Å². The Balaban J connectivity index is 2.25. The fraction of sp³-hybridized carbons (Fsp3) is 0.0667. The fourth-order valence-electron chi connectivity index (χ4n) is 1.71. The van der Waals surface area contributed by atoms with E-state index in [0.717, 1.165) is 0 Å². The van der Waals surface area contributed by atoms with E-state index in [1.165, 1.54) is 19.2 Å². The minimum absolute atomic E-state index is 0.174. The number of nitrogen functional groups attached to an aromatic ring is 1. The van der Waals surface area contributed by atoms with Crippen LogP contribution in [0.2, 0.25) is 0 Å². The van der Waals surface area contributed by atoms with E-state index < -0.39 is 5.97 Å². The number of rotatable bonds is 3. The van der Waals surface area contributed by atoms with Crippen LogP contribution in [0.15, 0.2) is 48.5 Å². The van der Waals surface area contributed by atoms with E-state index in [2.05, 4.69) is 10.1 Å². The summed E-state index contributed by atoms with van der Waals surface area (Å²) in [7, 11) is 1.26. The second-order valence-corrected chi connectivity index (χ2v) is 4.11. The third kappa shape index (κ3) is 2.95. The molecule has 5 nitrogen and oxygen atoms in total. The molecule has 102 valence electrons. The summed E-state index contributed by atoms with van der Waals surface area (Å²) in [6.07, 6.45) is 0. The summed E-state index contributed by atoms with van der Waals surface area (Å²) in [4.78, 5) is 23.6. The van der Waals surface area contributed by atoms with Crippen LogP contribution >= 0.6 is 0 Å². The lowest BCUT2D eigenvalue weighted by molar-refractivity contribution is 0.0602. The SMILES string of the molecule is COC(=O)c1cc(C(=O)Nc2ccccc2)ccc1N. The molecule has 0 atom stereocenters. The normalized spacial score (nSPS) is 9.85. The molecule has 0 saturated carbocycles. The first-order chi connectivity index (χ1) is 9.61. The Hall–Kier alpha value is -2.82. The van der Waals surface area contributed by atoms with Crippen LogP contribution in [0.4, 0.5) is 11.4 Å². The molecule has 0 heterocycles. The van der Waals surface area contributed by atoms with Gasteiger partial charge in [0.05, 0.1) is 12.7 Å². The first-order valence-electron chi connectivity index (χ1n) is 5.96. The molecule has 2 aromatic rings. The number of methoxy groups -OCH3 is 1. The maximum atomic E-state index is 12.1. The Morgan fingerprint density at radius 3 is 2.45 bits per heavy atom. The molecule has 0 aliphatic carbocycles. The van der Waals surface area contributed by atoms with Crippen LogP contribution in [-0.2, 0) is 4.74 Å². The van der Waals surface area contributed by atoms with Crippen molar-refractivity contribution in [1.82, 2.24) is 0 Å². The Morgan fingerprint density at radius 1 is 1.10 bits per heavy atom. The summed E-state index contributed by atoms with van der Waals surface area (Å²) in [6.45, 7) is 0. The third-order valence-corrected chi connectivity index (χ3v) is 2.75. The number of anilines is 2. The molecule has 0 spiro atoms. The van der Waals surface area contributed by atoms with Crippen molar-refractivity contribution < 1.29 is 14.3 Å². The molecule has 0 radical (unpaired) electrons. The second kappa shape index (κ2) is 5.88. The van der Waals surface area contributed by atoms with Gasteiger partial charge in [0.1, 0.15) is 0 Å². The molecule has 0 aromatic heterocycles. The first-order valence-corrected chi connectivity index (χ1v) is 5.96. The number of esters is 1. The number of carbonyl (C=O) groups excluding carboxylic acids is 2. The number of benzene rings is 2. The Morgan fingerprint density at radius 2 is 1.80 bits per heavy atom. The molecule has 5 heteroatoms. The van der Waals surface area contributed by atoms with Gasteiger partial charge in [-0.25, -0.2) is 4.79 Å². The Labute approximate surface area is 116 Å². The molecule has 0 aliphatic heterocycles. The summed E-state index contributed by atoms with van der Waals surface area (Å²) in [5, 5.41) is 2.73. The zero-order chi connectivity index (χ0) is 14.5. The molecule has 0 aliphatic rings. The summed E-state index contributed by atoms with van der Waals surface area (Å²) < 4.78 is 4.62. The number of carbonyl (C=O) groups is 2. The van der Waals surface area contributed by atoms with Gasteiger partial charge in [0.2, 0.25) is 0 Å². The largest absolute Gasteiger partial charge is 0.465 e. The average Bonchev–Trinajstić information content (AvgIpc) is 2.48. The molecule has 0 saturated heterocycles. The van der Waals surface area contributed by atoms with Crippen molar-refractivity contribution in [2.45, 2.75) is 0 Å². The van der Waals surface area contributed by atoms with Gasteiger partial charge >= 0.3 is 5.97 Å². The maximum absolute atomic E-state index is 12.1. The molecule has 1 amide bonds. The molecule has 2 aromatic carbocycles. The van der Waals surface area contributed by atoms with Crippen LogP contribution in [0.5, 0.6) is 0 Å². The number of nitrogens with two attached hydrogens (primary N) is 1. The van der Waals surface area contributed by atoms with Gasteiger partial charge in [0.25, 0.3) is 5.91 Å². The van der Waals surface area contributed by atoms with Crippen LogP contribution in [0, 0.1) is 0 Å². The van der Waals surface area contributed by atoms with E-state index in [4.69, 9.17) is 5.73 Å². The summed E-state index contributed by atoms with van der Waals surface area (Å²) in [5.41, 5.74) is 7.14. The van der Waals surface area contributed by atoms with Gasteiger partial charge < -0.3 is 15.8 Å². The molecule has 2 rings (SSSR count). The van der Waals surface area contributed by atoms with Crippen molar-refractivity contribution in [2.24, 2.45) is 0 Å². The molecular weight excluding hydrogens is 256 g/mol. The van der Waals surface area contributed by atoms with Gasteiger partial charge in [-0.15, -0.1) is 0 Å². The third-order valence-electron chi connectivity index (χ3n) is 2.75. The van der Waals surface area contributed by atoms with Crippen molar-refractivity contribution in [3.05, 3.63) is 59.7 Å². The van der Waals surface area contributed by atoms with Gasteiger partial charge in [0, 0.05) is 16.9 Å². The lowest BCUT2D eigenvalue weighted by Crippen LogP contribution is -2.14. The van der Waals surface area contributed by atoms with Crippen molar-refractivity contribution in [3.8, 4) is 0 Å². The van der Waals surface area contributed by atoms with Gasteiger partial charge in [-0.05, 0) is 30.3 Å². The fourth-order valence-corrected chi connectivity index (χ4v) is 1.71. The van der Waals surface area contributed by atoms with Crippen molar-refractivity contribution in [1.29, 1.82) is 0 Å². The van der Waals surface area contributed by atoms with E-state index in [1.54, 1.807) is 18.2 Å². The summed E-state index contributed by atoms with van der Waals surface area (Å²) in [6, 6.07) is 13.5. The molecule has 3 N–H and O–H groups in total. The van der Waals surface area contributed by atoms with Crippen LogP contribution in [0.25, 0.3) is 0 Å². The van der Waals surface area contributed by atoms with Crippen LogP contribution in [0.1, 0.15) is 20.7 Å². The van der Waals surface area contributed by atoms with Crippen LogP contribution in [-0.4, -0.2) is 19.0 Å². The van der Waals surface area contributed by atoms with Crippen LogP contribution < -0.4 is 11.1 Å². The molecular formula is C15H14N2O3. The van der Waals surface area contributed by atoms with Gasteiger partial charge in [-0.2, -0.15) is 0 Å². The highest BCUT2D eigenvalue weighted by Crippen LogP contribution is 2.16. The predicted octanol–water partition coefficient (Wildman–Crippen LogP) is 2.31. The molecule has 20 heavy (non-hydrogen) atoms. The van der Waals surface area contributed by atoms with Crippen molar-refractivity contribution >= 4 is 23.3 Å². The smallest absolute Gasteiger partial charge is 0.339 e. The number of hydrogen-bond acceptors (Lipinski definition) is 4. The van der Waals surface area contributed by atoms with Crippen LogP contribution in [0.3, 0.4) is 0 Å². The quantitative estimate of drug-likeness (QED) is 0.662. The average molecular weight is 270 g/mol.